The average molecular weight is 357 g/mol. The third-order valence-electron chi connectivity index (χ3n) is 4.12. The summed E-state index contributed by atoms with van der Waals surface area (Å²) >= 11 is 1.59. The average Bonchev–Trinajstić information content (AvgIpc) is 3.24. The first kappa shape index (κ1) is 17.9. The molecule has 1 amide bonds. The number of amides is 1. The van der Waals surface area contributed by atoms with Crippen molar-refractivity contribution < 1.29 is 9.32 Å². The fraction of sp³-hybridized carbons (Fsp3) is 0.533. The highest BCUT2D eigenvalue weighted by Crippen LogP contribution is 2.23. The van der Waals surface area contributed by atoms with Crippen LogP contribution in [0.25, 0.3) is 11.4 Å². The van der Waals surface area contributed by atoms with Gasteiger partial charge in [0.2, 0.25) is 17.6 Å². The van der Waals surface area contributed by atoms with E-state index in [0.29, 0.717) is 37.0 Å². The Kier molecular flexibility index (Phi) is 6.15. The maximum Gasteiger partial charge on any atom is 0.227 e. The van der Waals surface area contributed by atoms with Gasteiger partial charge in [-0.2, -0.15) is 16.3 Å². The molecule has 2 unspecified atom stereocenters. The highest BCUT2D eigenvalue weighted by Gasteiger charge is 2.31. The fourth-order valence-electron chi connectivity index (χ4n) is 2.88. The molecule has 2 aromatic rings. The molecule has 0 spiro atoms. The van der Waals surface area contributed by atoms with Crippen molar-refractivity contribution in [1.82, 2.24) is 15.0 Å². The normalized spacial score (nSPS) is 20.5. The van der Waals surface area contributed by atoms with Crippen molar-refractivity contribution >= 4 is 29.7 Å². The smallest absolute Gasteiger partial charge is 0.227 e. The van der Waals surface area contributed by atoms with E-state index in [9.17, 15) is 4.79 Å². The van der Waals surface area contributed by atoms with E-state index in [-0.39, 0.29) is 24.4 Å². The molecule has 1 aliphatic heterocycles. The quantitative estimate of drug-likeness (QED) is 0.888. The Morgan fingerprint density at radius 3 is 3.04 bits per heavy atom. The maximum absolute atomic E-state index is 12.3. The summed E-state index contributed by atoms with van der Waals surface area (Å²) < 4.78 is 5.22. The van der Waals surface area contributed by atoms with E-state index in [4.69, 9.17) is 10.3 Å². The Labute approximate surface area is 145 Å². The lowest BCUT2D eigenvalue weighted by Gasteiger charge is -2.21. The molecule has 3 rings (SSSR count). The van der Waals surface area contributed by atoms with E-state index >= 15 is 0 Å². The Hall–Kier alpha value is -1.44. The van der Waals surface area contributed by atoms with Gasteiger partial charge in [0.1, 0.15) is 0 Å². The number of thiophene rings is 1. The predicted molar refractivity (Wildman–Crippen MR) is 91.5 cm³/mol. The molecule has 1 fully saturated rings. The molecule has 0 aliphatic carbocycles. The van der Waals surface area contributed by atoms with Gasteiger partial charge in [-0.05, 0) is 37.3 Å². The zero-order chi connectivity index (χ0) is 15.5. The first-order valence-corrected chi connectivity index (χ1v) is 8.46. The number of carbonyl (C=O) groups excluding carboxylic acids is 1. The first-order chi connectivity index (χ1) is 10.7. The Balaban J connectivity index is 0.00000192. The van der Waals surface area contributed by atoms with Crippen LogP contribution in [-0.2, 0) is 11.2 Å². The SMILES string of the molecule is CC1CC(CN)CN1C(=O)CCc1nc(-c2ccsc2)no1.Cl. The van der Waals surface area contributed by atoms with Crippen LogP contribution in [-0.4, -0.2) is 40.1 Å². The van der Waals surface area contributed by atoms with E-state index in [1.807, 2.05) is 21.7 Å². The molecule has 2 aromatic heterocycles. The minimum absolute atomic E-state index is 0. The van der Waals surface area contributed by atoms with Crippen LogP contribution < -0.4 is 5.73 Å². The molecule has 0 radical (unpaired) electrons. The van der Waals surface area contributed by atoms with Crippen molar-refractivity contribution in [2.45, 2.75) is 32.2 Å². The van der Waals surface area contributed by atoms with Gasteiger partial charge in [-0.25, -0.2) is 0 Å². The summed E-state index contributed by atoms with van der Waals surface area (Å²) in [5, 5.41) is 7.89. The van der Waals surface area contributed by atoms with Gasteiger partial charge in [-0.3, -0.25) is 4.79 Å². The Morgan fingerprint density at radius 2 is 2.39 bits per heavy atom. The lowest BCUT2D eigenvalue weighted by molar-refractivity contribution is -0.131. The number of nitrogens with two attached hydrogens (primary N) is 1. The number of rotatable bonds is 5. The second kappa shape index (κ2) is 7.90. The number of halogens is 1. The molecular formula is C15H21ClN4O2S. The molecule has 1 saturated heterocycles. The molecule has 23 heavy (non-hydrogen) atoms. The van der Waals surface area contributed by atoms with Gasteiger partial charge in [0.05, 0.1) is 0 Å². The number of aromatic nitrogens is 2. The number of hydrogen-bond acceptors (Lipinski definition) is 6. The van der Waals surface area contributed by atoms with E-state index < -0.39 is 0 Å². The highest BCUT2D eigenvalue weighted by atomic mass is 35.5. The molecule has 2 atom stereocenters. The van der Waals surface area contributed by atoms with Crippen LogP contribution in [0.1, 0.15) is 25.7 Å². The van der Waals surface area contributed by atoms with Gasteiger partial charge >= 0.3 is 0 Å². The lowest BCUT2D eigenvalue weighted by atomic mass is 10.1. The summed E-state index contributed by atoms with van der Waals surface area (Å²) in [5.74, 6) is 1.66. The maximum atomic E-state index is 12.3. The minimum atomic E-state index is 0. The minimum Gasteiger partial charge on any atom is -0.340 e. The number of hydrogen-bond donors (Lipinski definition) is 1. The third kappa shape index (κ3) is 4.10. The summed E-state index contributed by atoms with van der Waals surface area (Å²) in [6.45, 7) is 3.48. The van der Waals surface area contributed by atoms with E-state index in [1.54, 1.807) is 11.3 Å². The van der Waals surface area contributed by atoms with Crippen molar-refractivity contribution in [3.63, 3.8) is 0 Å². The zero-order valence-electron chi connectivity index (χ0n) is 13.0. The summed E-state index contributed by atoms with van der Waals surface area (Å²) in [5.41, 5.74) is 6.65. The third-order valence-corrected chi connectivity index (χ3v) is 4.80. The molecular weight excluding hydrogens is 336 g/mol. The van der Waals surface area contributed by atoms with Crippen molar-refractivity contribution in [3.8, 4) is 11.4 Å². The van der Waals surface area contributed by atoms with E-state index in [2.05, 4.69) is 17.1 Å². The van der Waals surface area contributed by atoms with Crippen LogP contribution in [0.3, 0.4) is 0 Å². The zero-order valence-corrected chi connectivity index (χ0v) is 14.6. The van der Waals surface area contributed by atoms with Crippen molar-refractivity contribution in [3.05, 3.63) is 22.7 Å². The van der Waals surface area contributed by atoms with Crippen molar-refractivity contribution in [2.75, 3.05) is 13.1 Å². The van der Waals surface area contributed by atoms with Crippen LogP contribution in [0.4, 0.5) is 0 Å². The van der Waals surface area contributed by atoms with Gasteiger partial charge in [0.25, 0.3) is 0 Å². The van der Waals surface area contributed by atoms with E-state index in [0.717, 1.165) is 18.5 Å². The topological polar surface area (TPSA) is 85.2 Å². The molecule has 3 heterocycles. The lowest BCUT2D eigenvalue weighted by Crippen LogP contribution is -2.34. The molecule has 6 nitrogen and oxygen atoms in total. The second-order valence-corrected chi connectivity index (χ2v) is 6.54. The number of aryl methyl sites for hydroxylation is 1. The van der Waals surface area contributed by atoms with Crippen LogP contribution >= 0.6 is 23.7 Å². The largest absolute Gasteiger partial charge is 0.340 e. The van der Waals surface area contributed by atoms with Crippen LogP contribution in [0, 0.1) is 5.92 Å². The number of nitrogens with zero attached hydrogens (tertiary/aromatic N) is 3. The van der Waals surface area contributed by atoms with Gasteiger partial charge in [0.15, 0.2) is 0 Å². The van der Waals surface area contributed by atoms with Crippen LogP contribution in [0.2, 0.25) is 0 Å². The number of carbonyl (C=O) groups is 1. The highest BCUT2D eigenvalue weighted by molar-refractivity contribution is 7.08. The first-order valence-electron chi connectivity index (χ1n) is 7.52. The monoisotopic (exact) mass is 356 g/mol. The molecule has 126 valence electrons. The summed E-state index contributed by atoms with van der Waals surface area (Å²) in [6.07, 6.45) is 1.87. The van der Waals surface area contributed by atoms with Crippen LogP contribution in [0.5, 0.6) is 0 Å². The summed E-state index contributed by atoms with van der Waals surface area (Å²) in [6, 6.07) is 2.22. The molecule has 0 bridgehead atoms. The number of likely N-dealkylation sites (tertiary alicyclic amines) is 1. The Bertz CT molecular complexity index is 631. The van der Waals surface area contributed by atoms with Crippen molar-refractivity contribution in [1.29, 1.82) is 0 Å². The molecule has 1 aliphatic rings. The Morgan fingerprint density at radius 1 is 1.57 bits per heavy atom. The van der Waals surface area contributed by atoms with Crippen LogP contribution in [0.15, 0.2) is 21.3 Å². The standard InChI is InChI=1S/C15H20N4O2S.ClH/c1-10-6-11(7-16)8-19(10)14(20)3-2-13-17-15(18-21-13)12-4-5-22-9-12;/h4-5,9-11H,2-3,6-8,16H2,1H3;1H. The fourth-order valence-corrected chi connectivity index (χ4v) is 3.52. The van der Waals surface area contributed by atoms with Crippen molar-refractivity contribution in [2.24, 2.45) is 11.7 Å². The molecule has 2 N–H and O–H groups in total. The van der Waals surface area contributed by atoms with E-state index in [1.165, 1.54) is 0 Å². The molecule has 0 saturated carbocycles. The van der Waals surface area contributed by atoms with Gasteiger partial charge in [-0.15, -0.1) is 12.4 Å². The van der Waals surface area contributed by atoms with Gasteiger partial charge in [-0.1, -0.05) is 5.16 Å². The summed E-state index contributed by atoms with van der Waals surface area (Å²) in [4.78, 5) is 18.6. The summed E-state index contributed by atoms with van der Waals surface area (Å²) in [7, 11) is 0. The van der Waals surface area contributed by atoms with Gasteiger partial charge in [0, 0.05) is 36.4 Å². The molecule has 8 heteroatoms. The van der Waals surface area contributed by atoms with Gasteiger partial charge < -0.3 is 15.2 Å². The second-order valence-electron chi connectivity index (χ2n) is 5.76. The predicted octanol–water partition coefficient (Wildman–Crippen LogP) is 2.35. The molecule has 0 aromatic carbocycles.